The normalized spacial score (nSPS) is 15.0. The molecule has 1 aliphatic heterocycles. The number of carbonyl (C=O) groups is 1. The molecular weight excluding hydrogens is 353 g/mol. The van der Waals surface area contributed by atoms with Gasteiger partial charge in [-0.3, -0.25) is 5.32 Å². The highest BCUT2D eigenvalue weighted by Gasteiger charge is 2.22. The van der Waals surface area contributed by atoms with Crippen molar-refractivity contribution in [2.24, 2.45) is 0 Å². The second-order valence-electron chi connectivity index (χ2n) is 4.98. The number of rotatable bonds is 2. The zero-order valence-corrected chi connectivity index (χ0v) is 13.3. The maximum atomic E-state index is 12.9. The summed E-state index contributed by atoms with van der Waals surface area (Å²) in [6, 6.07) is 9.64. The molecule has 116 valence electrons. The van der Waals surface area contributed by atoms with Gasteiger partial charge in [0.05, 0.1) is 0 Å². The Labute approximate surface area is 135 Å². The van der Waals surface area contributed by atoms with E-state index in [1.54, 1.807) is 29.2 Å². The molecular formula is C15H15BrFN3O2. The lowest BCUT2D eigenvalue weighted by Gasteiger charge is -2.35. The molecule has 3 rings (SSSR count). The summed E-state index contributed by atoms with van der Waals surface area (Å²) in [7, 11) is 0. The molecule has 1 N–H and O–H groups in total. The Morgan fingerprint density at radius 2 is 1.77 bits per heavy atom. The van der Waals surface area contributed by atoms with Gasteiger partial charge in [-0.05, 0) is 46.3 Å². The summed E-state index contributed by atoms with van der Waals surface area (Å²) in [6.07, 6.45) is 0. The Morgan fingerprint density at radius 3 is 2.36 bits per heavy atom. The smallest absolute Gasteiger partial charge is 0.324 e. The summed E-state index contributed by atoms with van der Waals surface area (Å²) in [5.41, 5.74) is 0.969. The molecule has 5 nitrogen and oxygen atoms in total. The first-order valence-electron chi connectivity index (χ1n) is 6.93. The molecule has 2 aromatic rings. The number of hydrogen-bond acceptors (Lipinski definition) is 3. The van der Waals surface area contributed by atoms with Crippen LogP contribution in [-0.4, -0.2) is 37.1 Å². The minimum atomic E-state index is -0.244. The van der Waals surface area contributed by atoms with Gasteiger partial charge in [0.2, 0.25) is 5.88 Å². The van der Waals surface area contributed by atoms with Crippen molar-refractivity contribution >= 4 is 33.5 Å². The lowest BCUT2D eigenvalue weighted by atomic mass is 10.2. The lowest BCUT2D eigenvalue weighted by molar-refractivity contribution is 0.207. The van der Waals surface area contributed by atoms with Crippen LogP contribution in [0.25, 0.3) is 0 Å². The number of anilines is 2. The van der Waals surface area contributed by atoms with Gasteiger partial charge >= 0.3 is 6.03 Å². The molecule has 1 saturated heterocycles. The highest BCUT2D eigenvalue weighted by atomic mass is 79.9. The van der Waals surface area contributed by atoms with Crippen LogP contribution in [0, 0.1) is 5.82 Å². The van der Waals surface area contributed by atoms with Crippen LogP contribution < -0.4 is 10.2 Å². The summed E-state index contributed by atoms with van der Waals surface area (Å²) in [5, 5.41) is 2.72. The predicted octanol–water partition coefficient (Wildman–Crippen LogP) is 3.54. The molecule has 0 spiro atoms. The fraction of sp³-hybridized carbons (Fsp3) is 0.267. The molecule has 22 heavy (non-hydrogen) atoms. The van der Waals surface area contributed by atoms with Crippen LogP contribution in [0.3, 0.4) is 0 Å². The number of nitrogens with zero attached hydrogens (tertiary/aromatic N) is 2. The first-order chi connectivity index (χ1) is 10.6. The number of piperazine rings is 1. The van der Waals surface area contributed by atoms with Crippen LogP contribution >= 0.6 is 15.9 Å². The number of hydrogen-bond donors (Lipinski definition) is 1. The van der Waals surface area contributed by atoms with Crippen molar-refractivity contribution in [2.45, 2.75) is 0 Å². The van der Waals surface area contributed by atoms with Crippen molar-refractivity contribution in [1.82, 2.24) is 4.90 Å². The van der Waals surface area contributed by atoms with Gasteiger partial charge in [-0.25, -0.2) is 9.18 Å². The van der Waals surface area contributed by atoms with Crippen LogP contribution in [0.1, 0.15) is 0 Å². The highest BCUT2D eigenvalue weighted by molar-refractivity contribution is 9.10. The molecule has 0 radical (unpaired) electrons. The third-order valence-corrected chi connectivity index (χ3v) is 3.99. The number of amides is 2. The molecule has 1 aromatic heterocycles. The topological polar surface area (TPSA) is 48.7 Å². The van der Waals surface area contributed by atoms with Gasteiger partial charge in [-0.1, -0.05) is 0 Å². The molecule has 0 atom stereocenters. The van der Waals surface area contributed by atoms with E-state index in [2.05, 4.69) is 26.1 Å². The summed E-state index contributed by atoms with van der Waals surface area (Å²) in [4.78, 5) is 16.0. The SMILES string of the molecule is O=C(Nc1ccc(Br)o1)N1CCN(c2ccc(F)cc2)CC1. The quantitative estimate of drug-likeness (QED) is 0.882. The van der Waals surface area contributed by atoms with E-state index in [4.69, 9.17) is 4.42 Å². The monoisotopic (exact) mass is 367 g/mol. The van der Waals surface area contributed by atoms with E-state index in [1.165, 1.54) is 12.1 Å². The van der Waals surface area contributed by atoms with Gasteiger partial charge in [0.1, 0.15) is 5.82 Å². The summed E-state index contributed by atoms with van der Waals surface area (Å²) in [5.74, 6) is 0.171. The minimum Gasteiger partial charge on any atom is -0.434 e. The molecule has 2 heterocycles. The van der Waals surface area contributed by atoms with Crippen LogP contribution in [0.5, 0.6) is 0 Å². The van der Waals surface area contributed by atoms with Gasteiger partial charge in [0.25, 0.3) is 0 Å². The van der Waals surface area contributed by atoms with E-state index in [0.29, 0.717) is 36.7 Å². The van der Waals surface area contributed by atoms with Gasteiger partial charge in [0.15, 0.2) is 4.67 Å². The Kier molecular flexibility index (Phi) is 4.33. The highest BCUT2D eigenvalue weighted by Crippen LogP contribution is 2.20. The van der Waals surface area contributed by atoms with Crippen molar-refractivity contribution in [3.63, 3.8) is 0 Å². The van der Waals surface area contributed by atoms with Crippen LogP contribution in [0.15, 0.2) is 45.5 Å². The molecule has 1 aliphatic rings. The second kappa shape index (κ2) is 6.39. The number of carbonyl (C=O) groups excluding carboxylic acids is 1. The predicted molar refractivity (Wildman–Crippen MR) is 85.6 cm³/mol. The van der Waals surface area contributed by atoms with E-state index in [-0.39, 0.29) is 11.8 Å². The second-order valence-corrected chi connectivity index (χ2v) is 5.77. The zero-order chi connectivity index (χ0) is 15.5. The Balaban J connectivity index is 1.54. The summed E-state index contributed by atoms with van der Waals surface area (Å²) < 4.78 is 18.8. The van der Waals surface area contributed by atoms with E-state index < -0.39 is 0 Å². The first-order valence-corrected chi connectivity index (χ1v) is 7.73. The third-order valence-electron chi connectivity index (χ3n) is 3.56. The third kappa shape index (κ3) is 3.41. The lowest BCUT2D eigenvalue weighted by Crippen LogP contribution is -2.50. The summed E-state index contributed by atoms with van der Waals surface area (Å²) in [6.45, 7) is 2.62. The molecule has 1 aromatic carbocycles. The molecule has 1 fully saturated rings. The number of urea groups is 1. The van der Waals surface area contributed by atoms with Gasteiger partial charge in [-0.15, -0.1) is 0 Å². The average molecular weight is 368 g/mol. The molecule has 0 aliphatic carbocycles. The van der Waals surface area contributed by atoms with Gasteiger partial charge in [0, 0.05) is 37.9 Å². The molecule has 7 heteroatoms. The molecule has 2 amide bonds. The maximum Gasteiger partial charge on any atom is 0.324 e. The molecule has 0 saturated carbocycles. The first kappa shape index (κ1) is 14.9. The van der Waals surface area contributed by atoms with Crippen LogP contribution in [0.2, 0.25) is 0 Å². The minimum absolute atomic E-state index is 0.180. The maximum absolute atomic E-state index is 12.9. The molecule has 0 unspecified atom stereocenters. The fourth-order valence-corrected chi connectivity index (χ4v) is 2.69. The standard InChI is InChI=1S/C15H15BrFN3O2/c16-13-5-6-14(22-13)18-15(21)20-9-7-19(8-10-20)12-3-1-11(17)2-4-12/h1-6H,7-10H2,(H,18,21). The Morgan fingerprint density at radius 1 is 1.09 bits per heavy atom. The van der Waals surface area contributed by atoms with Crippen molar-refractivity contribution in [3.8, 4) is 0 Å². The van der Waals surface area contributed by atoms with Gasteiger partial charge < -0.3 is 14.2 Å². The van der Waals surface area contributed by atoms with E-state index in [0.717, 1.165) is 5.69 Å². The number of halogens is 2. The van der Waals surface area contributed by atoms with Crippen molar-refractivity contribution in [1.29, 1.82) is 0 Å². The van der Waals surface area contributed by atoms with Crippen LogP contribution in [0.4, 0.5) is 20.8 Å². The summed E-state index contributed by atoms with van der Waals surface area (Å²) >= 11 is 3.19. The largest absolute Gasteiger partial charge is 0.434 e. The van der Waals surface area contributed by atoms with Crippen molar-refractivity contribution in [2.75, 3.05) is 36.4 Å². The van der Waals surface area contributed by atoms with Gasteiger partial charge in [-0.2, -0.15) is 0 Å². The van der Waals surface area contributed by atoms with Crippen LogP contribution in [-0.2, 0) is 0 Å². The Hall–Kier alpha value is -2.02. The van der Waals surface area contributed by atoms with E-state index in [9.17, 15) is 9.18 Å². The number of furan rings is 1. The average Bonchev–Trinajstić information content (AvgIpc) is 2.93. The van der Waals surface area contributed by atoms with E-state index >= 15 is 0 Å². The van der Waals surface area contributed by atoms with Crippen molar-refractivity contribution in [3.05, 3.63) is 46.9 Å². The Bertz CT molecular complexity index is 651. The number of nitrogens with one attached hydrogen (secondary N) is 1. The zero-order valence-electron chi connectivity index (χ0n) is 11.8. The fourth-order valence-electron chi connectivity index (χ4n) is 2.39. The van der Waals surface area contributed by atoms with E-state index in [1.807, 2.05) is 0 Å². The molecule has 0 bridgehead atoms. The van der Waals surface area contributed by atoms with Crippen molar-refractivity contribution < 1.29 is 13.6 Å². The number of benzene rings is 1.